The van der Waals surface area contributed by atoms with E-state index in [1.54, 1.807) is 6.26 Å². The van der Waals surface area contributed by atoms with Gasteiger partial charge in [-0.05, 0) is 36.2 Å². The second-order valence-corrected chi connectivity index (χ2v) is 8.12. The maximum atomic E-state index is 11.9. The molecule has 0 aliphatic carbocycles. The summed E-state index contributed by atoms with van der Waals surface area (Å²) < 4.78 is 10.8. The molecule has 2 aromatic rings. The van der Waals surface area contributed by atoms with Gasteiger partial charge in [0.1, 0.15) is 5.76 Å². The Hall–Kier alpha value is -2.84. The number of amides is 1. The molecule has 8 nitrogen and oxygen atoms in total. The van der Waals surface area contributed by atoms with Gasteiger partial charge in [-0.3, -0.25) is 9.69 Å². The van der Waals surface area contributed by atoms with Crippen LogP contribution in [0.3, 0.4) is 0 Å². The van der Waals surface area contributed by atoms with Gasteiger partial charge in [0, 0.05) is 57.8 Å². The highest BCUT2D eigenvalue weighted by Gasteiger charge is 2.21. The predicted octanol–water partition coefficient (Wildman–Crippen LogP) is 2.02. The molecule has 0 unspecified atom stereocenters. The molecule has 8 heteroatoms. The molecule has 32 heavy (non-hydrogen) atoms. The fourth-order valence-electron chi connectivity index (χ4n) is 3.96. The van der Waals surface area contributed by atoms with Gasteiger partial charge in [0.2, 0.25) is 5.91 Å². The molecule has 172 valence electrons. The largest absolute Gasteiger partial charge is 0.469 e. The van der Waals surface area contributed by atoms with Crippen LogP contribution in [-0.4, -0.2) is 69.2 Å². The number of rotatable bonds is 9. The van der Waals surface area contributed by atoms with Gasteiger partial charge in [-0.25, -0.2) is 4.99 Å². The first kappa shape index (κ1) is 22.4. The number of anilines is 1. The lowest BCUT2D eigenvalue weighted by molar-refractivity contribution is -0.117. The minimum Gasteiger partial charge on any atom is -0.469 e. The molecule has 2 saturated heterocycles. The van der Waals surface area contributed by atoms with Crippen LogP contribution in [0.15, 0.2) is 52.1 Å². The lowest BCUT2D eigenvalue weighted by Gasteiger charge is -2.26. The molecule has 0 saturated carbocycles. The summed E-state index contributed by atoms with van der Waals surface area (Å²) in [4.78, 5) is 21.0. The molecular weight excluding hydrogens is 406 g/mol. The molecule has 1 aromatic heterocycles. The zero-order valence-electron chi connectivity index (χ0n) is 18.6. The van der Waals surface area contributed by atoms with E-state index < -0.39 is 0 Å². The highest BCUT2D eigenvalue weighted by Crippen LogP contribution is 2.21. The van der Waals surface area contributed by atoms with Crippen molar-refractivity contribution in [1.82, 2.24) is 15.5 Å². The first-order chi connectivity index (χ1) is 15.8. The van der Waals surface area contributed by atoms with Crippen LogP contribution in [-0.2, 0) is 22.5 Å². The van der Waals surface area contributed by atoms with E-state index in [2.05, 4.69) is 27.7 Å². The normalized spacial score (nSPS) is 17.7. The lowest BCUT2D eigenvalue weighted by atomic mass is 10.2. The molecule has 2 aliphatic rings. The Morgan fingerprint density at radius 2 is 1.84 bits per heavy atom. The number of hydrogen-bond acceptors (Lipinski definition) is 5. The molecule has 0 atom stereocenters. The standard InChI is InChI=1S/C24H33N5O3/c30-23-4-1-12-29(23)21-7-5-20(6-8-21)19-27-24(25-10-9-22-3-2-16-32-22)26-11-13-28-14-17-31-18-15-28/h2-3,5-8,16H,1,4,9-15,17-19H2,(H2,25,26,27). The first-order valence-corrected chi connectivity index (χ1v) is 11.5. The number of nitrogens with one attached hydrogen (secondary N) is 2. The maximum Gasteiger partial charge on any atom is 0.227 e. The first-order valence-electron chi connectivity index (χ1n) is 11.5. The van der Waals surface area contributed by atoms with Crippen LogP contribution in [0, 0.1) is 0 Å². The van der Waals surface area contributed by atoms with Crippen molar-refractivity contribution in [3.8, 4) is 0 Å². The third-order valence-corrected chi connectivity index (χ3v) is 5.81. The molecule has 3 heterocycles. The van der Waals surface area contributed by atoms with Crippen LogP contribution in [0.5, 0.6) is 0 Å². The second-order valence-electron chi connectivity index (χ2n) is 8.12. The molecular formula is C24H33N5O3. The number of guanidine groups is 1. The summed E-state index contributed by atoms with van der Waals surface area (Å²) in [7, 11) is 0. The van der Waals surface area contributed by atoms with Crippen LogP contribution in [0.25, 0.3) is 0 Å². The van der Waals surface area contributed by atoms with Gasteiger partial charge in [-0.15, -0.1) is 0 Å². The summed E-state index contributed by atoms with van der Waals surface area (Å²) in [5, 5.41) is 6.86. The van der Waals surface area contributed by atoms with Gasteiger partial charge in [0.15, 0.2) is 5.96 Å². The monoisotopic (exact) mass is 439 g/mol. The number of nitrogens with zero attached hydrogens (tertiary/aromatic N) is 3. The number of benzene rings is 1. The van der Waals surface area contributed by atoms with E-state index in [0.29, 0.717) is 13.0 Å². The summed E-state index contributed by atoms with van der Waals surface area (Å²) in [5.74, 6) is 1.96. The number of carbonyl (C=O) groups excluding carboxylic acids is 1. The van der Waals surface area contributed by atoms with Crippen LogP contribution in [0.1, 0.15) is 24.2 Å². The van der Waals surface area contributed by atoms with Crippen molar-refractivity contribution in [3.63, 3.8) is 0 Å². The maximum absolute atomic E-state index is 11.9. The predicted molar refractivity (Wildman–Crippen MR) is 125 cm³/mol. The number of carbonyl (C=O) groups is 1. The average molecular weight is 440 g/mol. The fourth-order valence-corrected chi connectivity index (χ4v) is 3.96. The average Bonchev–Trinajstić information content (AvgIpc) is 3.50. The van der Waals surface area contributed by atoms with E-state index in [4.69, 9.17) is 14.1 Å². The van der Waals surface area contributed by atoms with E-state index >= 15 is 0 Å². The van der Waals surface area contributed by atoms with Gasteiger partial charge >= 0.3 is 0 Å². The third-order valence-electron chi connectivity index (χ3n) is 5.81. The molecule has 0 radical (unpaired) electrons. The van der Waals surface area contributed by atoms with Crippen molar-refractivity contribution < 1.29 is 13.9 Å². The Balaban J connectivity index is 1.31. The van der Waals surface area contributed by atoms with Crippen molar-refractivity contribution in [2.45, 2.75) is 25.8 Å². The highest BCUT2D eigenvalue weighted by atomic mass is 16.5. The molecule has 2 N–H and O–H groups in total. The minimum absolute atomic E-state index is 0.211. The molecule has 0 bridgehead atoms. The minimum atomic E-state index is 0.211. The van der Waals surface area contributed by atoms with Crippen molar-refractivity contribution in [3.05, 3.63) is 54.0 Å². The van der Waals surface area contributed by atoms with Crippen molar-refractivity contribution >= 4 is 17.6 Å². The zero-order chi connectivity index (χ0) is 22.0. The van der Waals surface area contributed by atoms with Crippen LogP contribution in [0.4, 0.5) is 5.69 Å². The van der Waals surface area contributed by atoms with Crippen molar-refractivity contribution in [2.75, 3.05) is 57.4 Å². The molecule has 4 rings (SSSR count). The second kappa shape index (κ2) is 11.7. The Morgan fingerprint density at radius 3 is 2.56 bits per heavy atom. The van der Waals surface area contributed by atoms with E-state index in [0.717, 1.165) is 88.3 Å². The zero-order valence-corrected chi connectivity index (χ0v) is 18.6. The Labute approximate surface area is 189 Å². The van der Waals surface area contributed by atoms with Gasteiger partial charge in [-0.1, -0.05) is 12.1 Å². The number of hydrogen-bond donors (Lipinski definition) is 2. The summed E-state index contributed by atoms with van der Waals surface area (Å²) in [5.41, 5.74) is 2.08. The molecule has 1 aromatic carbocycles. The van der Waals surface area contributed by atoms with Crippen LogP contribution < -0.4 is 15.5 Å². The Bertz CT molecular complexity index is 860. The molecule has 2 aliphatic heterocycles. The van der Waals surface area contributed by atoms with E-state index in [-0.39, 0.29) is 5.91 Å². The topological polar surface area (TPSA) is 82.3 Å². The Morgan fingerprint density at radius 1 is 1.03 bits per heavy atom. The third kappa shape index (κ3) is 6.58. The number of morpholine rings is 1. The van der Waals surface area contributed by atoms with E-state index in [1.807, 2.05) is 29.2 Å². The van der Waals surface area contributed by atoms with Gasteiger partial charge in [0.25, 0.3) is 0 Å². The lowest BCUT2D eigenvalue weighted by Crippen LogP contribution is -2.44. The number of furan rings is 1. The fraction of sp³-hybridized carbons (Fsp3) is 0.500. The number of aliphatic imine (C=N–C) groups is 1. The SMILES string of the molecule is O=C1CCCN1c1ccc(CN=C(NCCc2ccco2)NCCN2CCOCC2)cc1. The number of ether oxygens (including phenoxy) is 1. The summed E-state index contributed by atoms with van der Waals surface area (Å²) in [6.45, 7) is 7.48. The molecule has 0 spiro atoms. The van der Waals surface area contributed by atoms with Gasteiger partial charge < -0.3 is 24.7 Å². The summed E-state index contributed by atoms with van der Waals surface area (Å²) in [6, 6.07) is 12.0. The van der Waals surface area contributed by atoms with Crippen LogP contribution in [0.2, 0.25) is 0 Å². The van der Waals surface area contributed by atoms with E-state index in [9.17, 15) is 4.79 Å². The highest BCUT2D eigenvalue weighted by molar-refractivity contribution is 5.95. The van der Waals surface area contributed by atoms with Crippen LogP contribution >= 0.6 is 0 Å². The quantitative estimate of drug-likeness (QED) is 0.460. The summed E-state index contributed by atoms with van der Waals surface area (Å²) >= 11 is 0. The smallest absolute Gasteiger partial charge is 0.227 e. The molecule has 1 amide bonds. The summed E-state index contributed by atoms with van der Waals surface area (Å²) in [6.07, 6.45) is 4.09. The van der Waals surface area contributed by atoms with Crippen molar-refractivity contribution in [1.29, 1.82) is 0 Å². The Kier molecular flexibility index (Phi) is 8.17. The van der Waals surface area contributed by atoms with Gasteiger partial charge in [-0.2, -0.15) is 0 Å². The van der Waals surface area contributed by atoms with Gasteiger partial charge in [0.05, 0.1) is 26.0 Å². The van der Waals surface area contributed by atoms with E-state index in [1.165, 1.54) is 0 Å². The molecule has 2 fully saturated rings. The van der Waals surface area contributed by atoms with Crippen molar-refractivity contribution in [2.24, 2.45) is 4.99 Å².